The Hall–Kier alpha value is -1.42. The van der Waals surface area contributed by atoms with E-state index in [2.05, 4.69) is 5.29 Å². The van der Waals surface area contributed by atoms with E-state index in [4.69, 9.17) is 4.74 Å². The van der Waals surface area contributed by atoms with Gasteiger partial charge in [0.25, 0.3) is 0 Å². The highest BCUT2D eigenvalue weighted by atomic mass is 16.5. The fourth-order valence-corrected chi connectivity index (χ4v) is 1.16. The summed E-state index contributed by atoms with van der Waals surface area (Å²) in [6, 6.07) is 9.45. The molecule has 0 radical (unpaired) electrons. The van der Waals surface area contributed by atoms with E-state index in [9.17, 15) is 4.91 Å². The van der Waals surface area contributed by atoms with Crippen LogP contribution >= 0.6 is 0 Å². The molecular weight excluding hydrogens is 168 g/mol. The number of hydrogen-bond acceptors (Lipinski definition) is 3. The average molecular weight is 180 g/mol. The summed E-state index contributed by atoms with van der Waals surface area (Å²) in [6.45, 7) is 0. The molecular formula is C9H12N2O2. The monoisotopic (exact) mass is 180 g/mol. The van der Waals surface area contributed by atoms with Gasteiger partial charge >= 0.3 is 0 Å². The van der Waals surface area contributed by atoms with Crippen LogP contribution in [0.1, 0.15) is 11.8 Å². The van der Waals surface area contributed by atoms with Gasteiger partial charge in [-0.3, -0.25) is 0 Å². The van der Waals surface area contributed by atoms with Crippen LogP contribution in [0.15, 0.2) is 35.6 Å². The Bertz CT molecular complexity index is 264. The van der Waals surface area contributed by atoms with Crippen molar-refractivity contribution in [3.63, 3.8) is 0 Å². The number of nitrogens with zero attached hydrogens (tertiary/aromatic N) is 2. The zero-order valence-corrected chi connectivity index (χ0v) is 7.68. The fraction of sp³-hybridized carbons (Fsp3) is 0.333. The Kier molecular flexibility index (Phi) is 3.40. The normalized spacial score (nSPS) is 12.2. The molecule has 13 heavy (non-hydrogen) atoms. The summed E-state index contributed by atoms with van der Waals surface area (Å²) in [5, 5.41) is 4.03. The summed E-state index contributed by atoms with van der Waals surface area (Å²) in [7, 11) is 3.12. The maximum Gasteiger partial charge on any atom is 0.173 e. The molecule has 0 bridgehead atoms. The molecule has 4 heteroatoms. The zero-order chi connectivity index (χ0) is 9.68. The highest BCUT2D eigenvalue weighted by molar-refractivity contribution is 5.16. The molecule has 0 spiro atoms. The molecule has 0 saturated carbocycles. The standard InChI is InChI=1S/C9H12N2O2/c1-11(10-12)9(13-2)8-6-4-3-5-7-8/h3-7,9H,1-2H3. The summed E-state index contributed by atoms with van der Waals surface area (Å²) in [6.07, 6.45) is -0.404. The second-order valence-electron chi connectivity index (χ2n) is 2.65. The molecule has 0 heterocycles. The van der Waals surface area contributed by atoms with Crippen molar-refractivity contribution in [2.24, 2.45) is 5.29 Å². The lowest BCUT2D eigenvalue weighted by molar-refractivity contribution is -0.0199. The Labute approximate surface area is 77.1 Å². The van der Waals surface area contributed by atoms with Crippen molar-refractivity contribution in [1.82, 2.24) is 5.01 Å². The molecule has 1 aromatic carbocycles. The van der Waals surface area contributed by atoms with E-state index >= 15 is 0 Å². The van der Waals surface area contributed by atoms with Crippen LogP contribution in [-0.2, 0) is 4.74 Å². The van der Waals surface area contributed by atoms with E-state index in [0.717, 1.165) is 5.56 Å². The van der Waals surface area contributed by atoms with Gasteiger partial charge in [0.05, 0.1) is 5.29 Å². The number of ether oxygens (including phenoxy) is 1. The van der Waals surface area contributed by atoms with Gasteiger partial charge in [0.1, 0.15) is 0 Å². The molecule has 0 aliphatic rings. The smallest absolute Gasteiger partial charge is 0.173 e. The summed E-state index contributed by atoms with van der Waals surface area (Å²) >= 11 is 0. The molecule has 1 rings (SSSR count). The van der Waals surface area contributed by atoms with E-state index in [-0.39, 0.29) is 0 Å². The van der Waals surface area contributed by atoms with Gasteiger partial charge < -0.3 is 4.74 Å². The average Bonchev–Trinajstić information content (AvgIpc) is 2.20. The van der Waals surface area contributed by atoms with Crippen molar-refractivity contribution < 1.29 is 4.74 Å². The molecule has 4 nitrogen and oxygen atoms in total. The first-order valence-electron chi connectivity index (χ1n) is 3.93. The zero-order valence-electron chi connectivity index (χ0n) is 7.68. The number of hydrogen-bond donors (Lipinski definition) is 0. The molecule has 1 atom stereocenters. The van der Waals surface area contributed by atoms with Gasteiger partial charge in [-0.2, -0.15) is 0 Å². The Balaban J connectivity index is 2.84. The molecule has 0 aromatic heterocycles. The van der Waals surface area contributed by atoms with Gasteiger partial charge in [-0.05, 0) is 0 Å². The van der Waals surface area contributed by atoms with Crippen molar-refractivity contribution in [2.75, 3.05) is 14.2 Å². The van der Waals surface area contributed by atoms with Gasteiger partial charge in [0, 0.05) is 19.7 Å². The lowest BCUT2D eigenvalue weighted by Gasteiger charge is -2.20. The van der Waals surface area contributed by atoms with Crippen molar-refractivity contribution in [2.45, 2.75) is 6.23 Å². The highest BCUT2D eigenvalue weighted by Crippen LogP contribution is 2.19. The number of benzene rings is 1. The summed E-state index contributed by atoms with van der Waals surface area (Å²) in [5.74, 6) is 0. The Morgan fingerprint density at radius 2 is 2.00 bits per heavy atom. The first-order valence-corrected chi connectivity index (χ1v) is 3.93. The van der Waals surface area contributed by atoms with E-state index < -0.39 is 6.23 Å². The maximum absolute atomic E-state index is 10.3. The molecule has 0 amide bonds. The fourth-order valence-electron chi connectivity index (χ4n) is 1.16. The first kappa shape index (κ1) is 9.67. The van der Waals surface area contributed by atoms with Crippen molar-refractivity contribution in [1.29, 1.82) is 0 Å². The molecule has 70 valence electrons. The van der Waals surface area contributed by atoms with Crippen LogP contribution in [0.3, 0.4) is 0 Å². The molecule has 1 unspecified atom stereocenters. The SMILES string of the molecule is COC(c1ccccc1)N(C)N=O. The minimum Gasteiger partial charge on any atom is -0.356 e. The van der Waals surface area contributed by atoms with Gasteiger partial charge in [-0.15, -0.1) is 4.91 Å². The van der Waals surface area contributed by atoms with Crippen LogP contribution in [0, 0.1) is 4.91 Å². The van der Waals surface area contributed by atoms with Gasteiger partial charge in [-0.25, -0.2) is 5.01 Å². The molecule has 0 N–H and O–H groups in total. The third-order valence-electron chi connectivity index (χ3n) is 1.78. The van der Waals surface area contributed by atoms with Crippen LogP contribution in [0.25, 0.3) is 0 Å². The van der Waals surface area contributed by atoms with E-state index in [0.29, 0.717) is 0 Å². The third kappa shape index (κ3) is 2.26. The minimum absolute atomic E-state index is 0.404. The number of methoxy groups -OCH3 is 1. The topological polar surface area (TPSA) is 41.9 Å². The Morgan fingerprint density at radius 3 is 2.46 bits per heavy atom. The predicted octanol–water partition coefficient (Wildman–Crippen LogP) is 1.94. The third-order valence-corrected chi connectivity index (χ3v) is 1.78. The molecule has 1 aromatic rings. The first-order chi connectivity index (χ1) is 6.29. The van der Waals surface area contributed by atoms with Crippen LogP contribution in [0.4, 0.5) is 0 Å². The highest BCUT2D eigenvalue weighted by Gasteiger charge is 2.14. The van der Waals surface area contributed by atoms with E-state index in [1.54, 1.807) is 14.2 Å². The quantitative estimate of drug-likeness (QED) is 0.404. The molecule has 0 fully saturated rings. The summed E-state index contributed by atoms with van der Waals surface area (Å²) in [4.78, 5) is 10.3. The second-order valence-corrected chi connectivity index (χ2v) is 2.65. The molecule has 0 aliphatic heterocycles. The summed E-state index contributed by atoms with van der Waals surface area (Å²) in [5.41, 5.74) is 0.909. The van der Waals surface area contributed by atoms with E-state index in [1.807, 2.05) is 30.3 Å². The van der Waals surface area contributed by atoms with E-state index in [1.165, 1.54) is 5.01 Å². The number of rotatable bonds is 4. The largest absolute Gasteiger partial charge is 0.356 e. The van der Waals surface area contributed by atoms with Crippen LogP contribution < -0.4 is 0 Å². The van der Waals surface area contributed by atoms with Crippen LogP contribution in [0.5, 0.6) is 0 Å². The van der Waals surface area contributed by atoms with Crippen molar-refractivity contribution in [3.05, 3.63) is 40.8 Å². The summed E-state index contributed by atoms with van der Waals surface area (Å²) < 4.78 is 5.12. The minimum atomic E-state index is -0.404. The predicted molar refractivity (Wildman–Crippen MR) is 49.8 cm³/mol. The maximum atomic E-state index is 10.3. The van der Waals surface area contributed by atoms with Gasteiger partial charge in [0.15, 0.2) is 6.23 Å². The lowest BCUT2D eigenvalue weighted by Crippen LogP contribution is -2.19. The lowest BCUT2D eigenvalue weighted by atomic mass is 10.2. The van der Waals surface area contributed by atoms with Crippen molar-refractivity contribution in [3.8, 4) is 0 Å². The number of nitroso groups, excluding NO2 is 1. The van der Waals surface area contributed by atoms with Crippen molar-refractivity contribution >= 4 is 0 Å². The molecule has 0 aliphatic carbocycles. The second kappa shape index (κ2) is 4.57. The van der Waals surface area contributed by atoms with Crippen LogP contribution in [0.2, 0.25) is 0 Å². The molecule has 0 saturated heterocycles. The van der Waals surface area contributed by atoms with Gasteiger partial charge in [-0.1, -0.05) is 30.3 Å². The Morgan fingerprint density at radius 1 is 1.38 bits per heavy atom. The van der Waals surface area contributed by atoms with Gasteiger partial charge in [0.2, 0.25) is 0 Å². The van der Waals surface area contributed by atoms with Crippen LogP contribution in [-0.4, -0.2) is 19.2 Å².